The molecule has 1 N–H and O–H groups in total. The molecule has 0 aromatic heterocycles. The number of rotatable bonds is 6. The molecule has 3 aliphatic rings. The molecule has 7 nitrogen and oxygen atoms in total. The van der Waals surface area contributed by atoms with E-state index in [2.05, 4.69) is 5.32 Å². The van der Waals surface area contributed by atoms with Crippen molar-refractivity contribution in [2.75, 3.05) is 19.5 Å². The Balaban J connectivity index is 1.42. The fourth-order valence-corrected chi connectivity index (χ4v) is 5.77. The van der Waals surface area contributed by atoms with Gasteiger partial charge in [0.05, 0.1) is 29.2 Å². The molecule has 0 bridgehead atoms. The van der Waals surface area contributed by atoms with E-state index >= 15 is 0 Å². The SMILES string of the molecule is CS(=O)(=O)c1cc(F)cc(C(=O)N2[C@@H](C(=O)NC(c3cc(F)c(Cl)cc3F)C3COC3)C[C@H]3C[C@H]32)c1. The number of amides is 2. The highest BCUT2D eigenvalue weighted by atomic mass is 35.5. The number of benzene rings is 2. The highest BCUT2D eigenvalue weighted by Gasteiger charge is 2.56. The van der Waals surface area contributed by atoms with Crippen LogP contribution in [0, 0.1) is 29.3 Å². The highest BCUT2D eigenvalue weighted by molar-refractivity contribution is 7.90. The Morgan fingerprint density at radius 2 is 1.81 bits per heavy atom. The van der Waals surface area contributed by atoms with E-state index in [0.29, 0.717) is 12.8 Å². The minimum atomic E-state index is -3.78. The molecule has 2 amide bonds. The molecule has 36 heavy (non-hydrogen) atoms. The van der Waals surface area contributed by atoms with Crippen LogP contribution in [-0.4, -0.2) is 56.7 Å². The number of carbonyl (C=O) groups excluding carboxylic acids is 2. The summed E-state index contributed by atoms with van der Waals surface area (Å²) in [6.45, 7) is 0.454. The molecule has 0 spiro atoms. The van der Waals surface area contributed by atoms with Crippen molar-refractivity contribution in [2.24, 2.45) is 11.8 Å². The van der Waals surface area contributed by atoms with Crippen LogP contribution in [0.25, 0.3) is 0 Å². The van der Waals surface area contributed by atoms with Gasteiger partial charge in [-0.05, 0) is 49.1 Å². The van der Waals surface area contributed by atoms with Gasteiger partial charge in [-0.3, -0.25) is 9.59 Å². The number of sulfone groups is 1. The van der Waals surface area contributed by atoms with E-state index < -0.39 is 51.2 Å². The van der Waals surface area contributed by atoms with E-state index in [4.69, 9.17) is 16.3 Å². The number of nitrogens with one attached hydrogen (secondary N) is 1. The number of ether oxygens (including phenoxy) is 1. The van der Waals surface area contributed by atoms with Gasteiger partial charge in [-0.25, -0.2) is 21.6 Å². The van der Waals surface area contributed by atoms with Crippen LogP contribution in [0.15, 0.2) is 35.2 Å². The number of fused-ring (bicyclic) bond motifs is 1. The molecule has 2 aromatic rings. The van der Waals surface area contributed by atoms with Gasteiger partial charge < -0.3 is 15.0 Å². The Kier molecular flexibility index (Phi) is 6.29. The molecule has 2 saturated heterocycles. The van der Waals surface area contributed by atoms with Crippen molar-refractivity contribution in [1.82, 2.24) is 10.2 Å². The molecule has 12 heteroatoms. The maximum Gasteiger partial charge on any atom is 0.254 e. The van der Waals surface area contributed by atoms with Crippen molar-refractivity contribution in [1.29, 1.82) is 0 Å². The summed E-state index contributed by atoms with van der Waals surface area (Å²) in [6, 6.07) is 2.53. The topological polar surface area (TPSA) is 92.8 Å². The van der Waals surface area contributed by atoms with E-state index in [0.717, 1.165) is 36.6 Å². The first kappa shape index (κ1) is 25.0. The second kappa shape index (κ2) is 9.04. The van der Waals surface area contributed by atoms with E-state index in [9.17, 15) is 31.2 Å². The molecule has 4 atom stereocenters. The van der Waals surface area contributed by atoms with Crippen LogP contribution in [-0.2, 0) is 19.4 Å². The Morgan fingerprint density at radius 3 is 2.44 bits per heavy atom. The van der Waals surface area contributed by atoms with Gasteiger partial charge in [-0.2, -0.15) is 0 Å². The third kappa shape index (κ3) is 4.59. The van der Waals surface area contributed by atoms with Gasteiger partial charge in [-0.15, -0.1) is 0 Å². The summed E-state index contributed by atoms with van der Waals surface area (Å²) in [5.74, 6) is -3.99. The van der Waals surface area contributed by atoms with Crippen molar-refractivity contribution >= 4 is 33.3 Å². The normalized spacial score (nSPS) is 24.1. The van der Waals surface area contributed by atoms with Crippen LogP contribution in [0.4, 0.5) is 13.2 Å². The second-order valence-electron chi connectivity index (χ2n) is 9.55. The zero-order valence-electron chi connectivity index (χ0n) is 19.0. The summed E-state index contributed by atoms with van der Waals surface area (Å²) < 4.78 is 72.0. The molecule has 5 rings (SSSR count). The van der Waals surface area contributed by atoms with Crippen LogP contribution >= 0.6 is 11.6 Å². The van der Waals surface area contributed by atoms with Crippen molar-refractivity contribution in [3.63, 3.8) is 0 Å². The minimum Gasteiger partial charge on any atom is -0.381 e. The van der Waals surface area contributed by atoms with Crippen molar-refractivity contribution in [3.8, 4) is 0 Å². The number of piperidine rings is 1. The first-order chi connectivity index (χ1) is 16.9. The van der Waals surface area contributed by atoms with Crippen LogP contribution in [0.1, 0.15) is 34.8 Å². The standard InChI is InChI=1S/C24H22ClF3N2O5S/c1-36(33,34)15-3-12(2-14(26)6-15)24(32)30-20-4-11(20)5-21(30)23(31)29-22(13-9-35-10-13)16-7-19(28)17(25)8-18(16)27/h2-3,6-8,11,13,20-22H,4-5,9-10H2,1H3,(H,29,31)/t11-,20-,21-,22?/m1/s1. The second-order valence-corrected chi connectivity index (χ2v) is 12.0. The first-order valence-electron chi connectivity index (χ1n) is 11.3. The minimum absolute atomic E-state index is 0.0721. The van der Waals surface area contributed by atoms with Gasteiger partial charge in [0.1, 0.15) is 23.5 Å². The number of nitrogens with zero attached hydrogens (tertiary/aromatic N) is 1. The highest BCUT2D eigenvalue weighted by Crippen LogP contribution is 2.48. The number of halogens is 4. The zero-order valence-corrected chi connectivity index (χ0v) is 20.6. The predicted octanol–water partition coefficient (Wildman–Crippen LogP) is 3.27. The average Bonchev–Trinajstić information content (AvgIpc) is 3.42. The lowest BCUT2D eigenvalue weighted by Gasteiger charge is -2.36. The van der Waals surface area contributed by atoms with Gasteiger partial charge >= 0.3 is 0 Å². The van der Waals surface area contributed by atoms with Gasteiger partial charge in [0.25, 0.3) is 5.91 Å². The fourth-order valence-electron chi connectivity index (χ4n) is 4.95. The summed E-state index contributed by atoms with van der Waals surface area (Å²) in [4.78, 5) is 27.7. The average molecular weight is 543 g/mol. The van der Waals surface area contributed by atoms with Crippen molar-refractivity contribution in [2.45, 2.75) is 35.9 Å². The number of carbonyl (C=O) groups is 2. The lowest BCUT2D eigenvalue weighted by Crippen LogP contribution is -2.51. The smallest absolute Gasteiger partial charge is 0.254 e. The Bertz CT molecular complexity index is 1370. The lowest BCUT2D eigenvalue weighted by molar-refractivity contribution is -0.128. The molecule has 1 aliphatic carbocycles. The number of hydrogen-bond acceptors (Lipinski definition) is 5. The van der Waals surface area contributed by atoms with E-state index in [1.807, 2.05) is 0 Å². The molecule has 2 aromatic carbocycles. The predicted molar refractivity (Wildman–Crippen MR) is 123 cm³/mol. The van der Waals surface area contributed by atoms with Crippen LogP contribution in [0.5, 0.6) is 0 Å². The Morgan fingerprint density at radius 1 is 1.08 bits per heavy atom. The van der Waals surface area contributed by atoms with Gasteiger partial charge in [0, 0.05) is 29.3 Å². The fraction of sp³-hybridized carbons (Fsp3) is 0.417. The molecule has 3 fully saturated rings. The Hall–Kier alpha value is -2.63. The lowest BCUT2D eigenvalue weighted by atomic mass is 9.90. The van der Waals surface area contributed by atoms with E-state index in [1.54, 1.807) is 0 Å². The first-order valence-corrected chi connectivity index (χ1v) is 13.6. The van der Waals surface area contributed by atoms with Crippen LogP contribution < -0.4 is 5.32 Å². The van der Waals surface area contributed by atoms with Gasteiger partial charge in [0.15, 0.2) is 9.84 Å². The monoisotopic (exact) mass is 542 g/mol. The largest absolute Gasteiger partial charge is 0.381 e. The zero-order chi connectivity index (χ0) is 25.9. The molecular formula is C24H22ClF3N2O5S. The van der Waals surface area contributed by atoms with Crippen LogP contribution in [0.2, 0.25) is 5.02 Å². The van der Waals surface area contributed by atoms with Crippen molar-refractivity contribution in [3.05, 3.63) is 63.9 Å². The third-order valence-electron chi connectivity index (χ3n) is 7.00. The molecule has 0 radical (unpaired) electrons. The summed E-state index contributed by atoms with van der Waals surface area (Å²) >= 11 is 5.68. The summed E-state index contributed by atoms with van der Waals surface area (Å²) in [7, 11) is -3.78. The quantitative estimate of drug-likeness (QED) is 0.566. The van der Waals surface area contributed by atoms with E-state index in [1.165, 1.54) is 4.90 Å². The summed E-state index contributed by atoms with van der Waals surface area (Å²) in [6.07, 6.45) is 1.92. The maximum atomic E-state index is 14.7. The summed E-state index contributed by atoms with van der Waals surface area (Å²) in [5, 5.41) is 2.37. The molecule has 2 heterocycles. The maximum absolute atomic E-state index is 14.7. The van der Waals surface area contributed by atoms with Crippen LogP contribution in [0.3, 0.4) is 0 Å². The number of likely N-dealkylation sites (tertiary alicyclic amines) is 1. The molecule has 1 unspecified atom stereocenters. The molecule has 192 valence electrons. The van der Waals surface area contributed by atoms with Crippen molar-refractivity contribution < 1.29 is 35.9 Å². The van der Waals surface area contributed by atoms with E-state index in [-0.39, 0.29) is 52.1 Å². The molecule has 2 aliphatic heterocycles. The van der Waals surface area contributed by atoms with Gasteiger partial charge in [0.2, 0.25) is 5.91 Å². The number of hydrogen-bond donors (Lipinski definition) is 1. The Labute approximate surface area is 210 Å². The molecular weight excluding hydrogens is 521 g/mol. The van der Waals surface area contributed by atoms with Gasteiger partial charge in [-0.1, -0.05) is 11.6 Å². The summed E-state index contributed by atoms with van der Waals surface area (Å²) in [5.41, 5.74) is -0.266. The molecule has 1 saturated carbocycles. The third-order valence-corrected chi connectivity index (χ3v) is 8.38.